The molecule has 0 aromatic carbocycles. The maximum absolute atomic E-state index is 2.63. The van der Waals surface area contributed by atoms with Crippen LogP contribution in [0.4, 0.5) is 0 Å². The first-order valence-corrected chi connectivity index (χ1v) is 17.4. The molecule has 0 aliphatic carbocycles. The Labute approximate surface area is 140 Å². The van der Waals surface area contributed by atoms with Crippen molar-refractivity contribution in [3.63, 3.8) is 0 Å². The molecule has 0 aromatic heterocycles. The van der Waals surface area contributed by atoms with E-state index in [2.05, 4.69) is 41.5 Å². The molecule has 2 unspecified atom stereocenters. The first-order chi connectivity index (χ1) is 10.1. The van der Waals surface area contributed by atoms with Gasteiger partial charge in [-0.25, -0.2) is 0 Å². The van der Waals surface area contributed by atoms with E-state index in [-0.39, 0.29) is 0 Å². The molecule has 128 valence electrons. The third-order valence-electron chi connectivity index (χ3n) is 6.18. The van der Waals surface area contributed by atoms with Crippen LogP contribution in [0.15, 0.2) is 0 Å². The second-order valence-corrected chi connectivity index (χ2v) is 23.0. The summed E-state index contributed by atoms with van der Waals surface area (Å²) in [7, 11) is 0. The Kier molecular flexibility index (Phi) is 13.8. The SMILES string of the molecule is CCCCC[CH2][Sn]([CH2]CCCCC)([CH](C)CC)[CH](C)CC. The van der Waals surface area contributed by atoms with Gasteiger partial charge in [0.1, 0.15) is 0 Å². The van der Waals surface area contributed by atoms with Crippen LogP contribution in [0.25, 0.3) is 0 Å². The van der Waals surface area contributed by atoms with E-state index >= 15 is 0 Å². The summed E-state index contributed by atoms with van der Waals surface area (Å²) < 4.78 is 5.56. The number of unbranched alkanes of at least 4 members (excludes halogenated alkanes) is 6. The topological polar surface area (TPSA) is 0 Å². The van der Waals surface area contributed by atoms with E-state index in [9.17, 15) is 0 Å². The number of hydrogen-bond acceptors (Lipinski definition) is 0. The van der Waals surface area contributed by atoms with Gasteiger partial charge in [-0.3, -0.25) is 0 Å². The van der Waals surface area contributed by atoms with Crippen molar-refractivity contribution in [3.8, 4) is 0 Å². The van der Waals surface area contributed by atoms with Gasteiger partial charge < -0.3 is 0 Å². The van der Waals surface area contributed by atoms with Crippen molar-refractivity contribution < 1.29 is 0 Å². The summed E-state index contributed by atoms with van der Waals surface area (Å²) in [6, 6.07) is 0. The van der Waals surface area contributed by atoms with Crippen LogP contribution in [0.5, 0.6) is 0 Å². The van der Waals surface area contributed by atoms with E-state index in [0.717, 1.165) is 7.87 Å². The fourth-order valence-corrected chi connectivity index (χ4v) is 23.1. The molecule has 0 aliphatic rings. The second kappa shape index (κ2) is 13.3. The first-order valence-electron chi connectivity index (χ1n) is 10.1. The Morgan fingerprint density at radius 1 is 0.571 bits per heavy atom. The van der Waals surface area contributed by atoms with E-state index < -0.39 is 18.4 Å². The number of hydrogen-bond donors (Lipinski definition) is 0. The summed E-state index contributed by atoms with van der Waals surface area (Å²) in [6.07, 6.45) is 14.7. The van der Waals surface area contributed by atoms with Gasteiger partial charge in [-0.05, 0) is 0 Å². The van der Waals surface area contributed by atoms with Gasteiger partial charge in [0, 0.05) is 0 Å². The van der Waals surface area contributed by atoms with Crippen LogP contribution in [0, 0.1) is 0 Å². The predicted molar refractivity (Wildman–Crippen MR) is 103 cm³/mol. The van der Waals surface area contributed by atoms with Crippen molar-refractivity contribution in [2.75, 3.05) is 0 Å². The zero-order valence-electron chi connectivity index (χ0n) is 16.1. The van der Waals surface area contributed by atoms with Crippen molar-refractivity contribution in [1.82, 2.24) is 0 Å². The van der Waals surface area contributed by atoms with Gasteiger partial charge >= 0.3 is 141 Å². The van der Waals surface area contributed by atoms with E-state index in [1.54, 1.807) is 21.7 Å². The zero-order chi connectivity index (χ0) is 16.1. The van der Waals surface area contributed by atoms with Crippen molar-refractivity contribution in [2.45, 2.75) is 122 Å². The molecule has 0 fully saturated rings. The Morgan fingerprint density at radius 3 is 1.24 bits per heavy atom. The summed E-state index contributed by atoms with van der Waals surface area (Å²) in [5, 5.41) is 0. The molecule has 0 amide bonds. The number of rotatable bonds is 14. The van der Waals surface area contributed by atoms with Crippen LogP contribution in [0.2, 0.25) is 16.7 Å². The molecule has 0 N–H and O–H groups in total. The molecule has 0 saturated carbocycles. The monoisotopic (exact) mass is 404 g/mol. The Morgan fingerprint density at radius 2 is 0.952 bits per heavy atom. The van der Waals surface area contributed by atoms with Crippen LogP contribution >= 0.6 is 0 Å². The van der Waals surface area contributed by atoms with Gasteiger partial charge in [0.15, 0.2) is 0 Å². The molecule has 0 aliphatic heterocycles. The average Bonchev–Trinajstić information content (AvgIpc) is 2.52. The molecule has 0 aromatic rings. The fraction of sp³-hybridized carbons (Fsp3) is 1.00. The average molecular weight is 403 g/mol. The predicted octanol–water partition coefficient (Wildman–Crippen LogP) is 8.20. The van der Waals surface area contributed by atoms with Crippen LogP contribution < -0.4 is 0 Å². The van der Waals surface area contributed by atoms with Crippen molar-refractivity contribution in [3.05, 3.63) is 0 Å². The van der Waals surface area contributed by atoms with Gasteiger partial charge in [-0.1, -0.05) is 0 Å². The molecule has 21 heavy (non-hydrogen) atoms. The van der Waals surface area contributed by atoms with Gasteiger partial charge in [0.05, 0.1) is 0 Å². The molecule has 0 heterocycles. The summed E-state index contributed by atoms with van der Waals surface area (Å²) in [5.41, 5.74) is 0. The van der Waals surface area contributed by atoms with Crippen LogP contribution in [0.1, 0.15) is 106 Å². The van der Waals surface area contributed by atoms with Crippen molar-refractivity contribution >= 4 is 18.4 Å². The summed E-state index contributed by atoms with van der Waals surface area (Å²) >= 11 is -1.98. The van der Waals surface area contributed by atoms with E-state index in [1.807, 2.05) is 0 Å². The van der Waals surface area contributed by atoms with Gasteiger partial charge in [-0.15, -0.1) is 0 Å². The van der Waals surface area contributed by atoms with Crippen molar-refractivity contribution in [2.24, 2.45) is 0 Å². The van der Waals surface area contributed by atoms with Gasteiger partial charge in [0.25, 0.3) is 0 Å². The molecule has 1 heteroatoms. The minimum absolute atomic E-state index is 1.09. The molecule has 0 bridgehead atoms. The van der Waals surface area contributed by atoms with E-state index in [4.69, 9.17) is 0 Å². The summed E-state index contributed by atoms with van der Waals surface area (Å²) in [6.45, 7) is 14.8. The minimum atomic E-state index is -1.98. The Balaban J connectivity index is 4.77. The maximum atomic E-state index is 2.63. The summed E-state index contributed by atoms with van der Waals surface area (Å²) in [5.74, 6) is 0. The first kappa shape index (κ1) is 21.8. The Hall–Kier alpha value is 0.799. The van der Waals surface area contributed by atoms with Crippen LogP contribution in [0.3, 0.4) is 0 Å². The standard InChI is InChI=1S/2C6H13.2C4H9.Sn/c2*1-3-5-6-4-2;2*1-3-4-2;/h2*1,3-6H2,2H3;2*3H,4H2,1-2H3;. The Bertz CT molecular complexity index is 200. The summed E-state index contributed by atoms with van der Waals surface area (Å²) in [4.78, 5) is 0. The normalized spacial score (nSPS) is 15.1. The molecular weight excluding hydrogens is 359 g/mol. The molecule has 0 spiro atoms. The van der Waals surface area contributed by atoms with E-state index in [0.29, 0.717) is 0 Å². The second-order valence-electron chi connectivity index (χ2n) is 7.47. The van der Waals surface area contributed by atoms with Gasteiger partial charge in [-0.2, -0.15) is 0 Å². The van der Waals surface area contributed by atoms with Crippen molar-refractivity contribution in [1.29, 1.82) is 0 Å². The molecule has 0 saturated heterocycles. The third-order valence-corrected chi connectivity index (χ3v) is 27.0. The van der Waals surface area contributed by atoms with E-state index in [1.165, 1.54) is 51.4 Å². The molecule has 0 nitrogen and oxygen atoms in total. The molecule has 0 rings (SSSR count). The molecule has 2 atom stereocenters. The van der Waals surface area contributed by atoms with Gasteiger partial charge in [0.2, 0.25) is 0 Å². The fourth-order valence-electron chi connectivity index (χ4n) is 4.17. The third kappa shape index (κ3) is 7.75. The van der Waals surface area contributed by atoms with Crippen LogP contribution in [-0.4, -0.2) is 18.4 Å². The molecule has 0 radical (unpaired) electrons. The quantitative estimate of drug-likeness (QED) is 0.203. The van der Waals surface area contributed by atoms with Crippen LogP contribution in [-0.2, 0) is 0 Å². The zero-order valence-corrected chi connectivity index (χ0v) is 19.0. The molecular formula is C20H44Sn.